The highest BCUT2D eigenvalue weighted by molar-refractivity contribution is 7.18. The summed E-state index contributed by atoms with van der Waals surface area (Å²) in [4.78, 5) is 18.9. The van der Waals surface area contributed by atoms with Crippen LogP contribution in [0.5, 0.6) is 0 Å². The molecule has 1 fully saturated rings. The minimum absolute atomic E-state index is 0.00579. The van der Waals surface area contributed by atoms with Gasteiger partial charge in [0.05, 0.1) is 27.0 Å². The number of aliphatic hydroxyl groups is 1. The zero-order chi connectivity index (χ0) is 18.1. The molecule has 0 saturated carbocycles. The highest BCUT2D eigenvalue weighted by Crippen LogP contribution is 2.25. The van der Waals surface area contributed by atoms with Gasteiger partial charge in [-0.25, -0.2) is 4.98 Å². The van der Waals surface area contributed by atoms with Crippen LogP contribution in [0.1, 0.15) is 22.9 Å². The second kappa shape index (κ2) is 7.17. The maximum atomic E-state index is 12.5. The highest BCUT2D eigenvalue weighted by Gasteiger charge is 2.34. The number of fused-ring (bicyclic) bond motifs is 1. The summed E-state index contributed by atoms with van der Waals surface area (Å²) in [5.41, 5.74) is 1.82. The number of hydrogen-bond acceptors (Lipinski definition) is 6. The van der Waals surface area contributed by atoms with Crippen molar-refractivity contribution >= 4 is 27.5 Å². The number of thiazole rings is 1. The Kier molecular flexibility index (Phi) is 4.74. The summed E-state index contributed by atoms with van der Waals surface area (Å²) in [6.45, 7) is 2.81. The van der Waals surface area contributed by atoms with Crippen molar-refractivity contribution in [3.8, 4) is 0 Å². The Labute approximate surface area is 155 Å². The molecule has 0 aliphatic carbocycles. The number of carbonyl (C=O) groups excluding carboxylic acids is 1. The smallest absolute Gasteiger partial charge is 0.223 e. The van der Waals surface area contributed by atoms with E-state index in [4.69, 9.17) is 4.52 Å². The summed E-state index contributed by atoms with van der Waals surface area (Å²) < 4.78 is 6.38. The number of aromatic nitrogens is 2. The lowest BCUT2D eigenvalue weighted by Gasteiger charge is -2.15. The summed E-state index contributed by atoms with van der Waals surface area (Å²) in [5.74, 6) is 0.823. The number of carbonyl (C=O) groups is 1. The third-order valence-corrected chi connectivity index (χ3v) is 5.89. The minimum Gasteiger partial charge on any atom is -0.391 e. The van der Waals surface area contributed by atoms with Crippen molar-refractivity contribution in [3.05, 3.63) is 46.8 Å². The maximum absolute atomic E-state index is 12.5. The van der Waals surface area contributed by atoms with Gasteiger partial charge in [0, 0.05) is 44.3 Å². The lowest BCUT2D eigenvalue weighted by molar-refractivity contribution is -0.130. The SMILES string of the molecule is Cc1cc(C[C@@H]2CN(C(=O)CCc3nc4ccccc4s3)C[C@@H]2O)on1. The van der Waals surface area contributed by atoms with Crippen LogP contribution in [0.3, 0.4) is 0 Å². The molecular formula is C19H21N3O3S. The molecule has 7 heteroatoms. The van der Waals surface area contributed by atoms with Crippen LogP contribution in [-0.2, 0) is 17.6 Å². The van der Waals surface area contributed by atoms with E-state index >= 15 is 0 Å². The second-order valence-electron chi connectivity index (χ2n) is 6.84. The van der Waals surface area contributed by atoms with Crippen molar-refractivity contribution in [1.82, 2.24) is 15.0 Å². The number of benzene rings is 1. The molecule has 3 aromatic rings. The summed E-state index contributed by atoms with van der Waals surface area (Å²) in [5, 5.41) is 15.1. The number of aliphatic hydroxyl groups excluding tert-OH is 1. The number of likely N-dealkylation sites (tertiary alicyclic amines) is 1. The molecular weight excluding hydrogens is 350 g/mol. The number of nitrogens with zero attached hydrogens (tertiary/aromatic N) is 3. The van der Waals surface area contributed by atoms with Crippen LogP contribution in [0.15, 0.2) is 34.9 Å². The molecule has 4 rings (SSSR count). The molecule has 136 valence electrons. The normalized spacial score (nSPS) is 20.2. The summed E-state index contributed by atoms with van der Waals surface area (Å²) in [6, 6.07) is 9.88. The van der Waals surface area contributed by atoms with Crippen LogP contribution >= 0.6 is 11.3 Å². The van der Waals surface area contributed by atoms with Gasteiger partial charge >= 0.3 is 0 Å². The summed E-state index contributed by atoms with van der Waals surface area (Å²) >= 11 is 1.64. The van der Waals surface area contributed by atoms with Crippen LogP contribution in [0.4, 0.5) is 0 Å². The highest BCUT2D eigenvalue weighted by atomic mass is 32.1. The molecule has 3 heterocycles. The Balaban J connectivity index is 1.33. The number of β-amino-alcohol motifs (C(OH)–C–C–N with tert-alkyl or cyclic N) is 1. The molecule has 26 heavy (non-hydrogen) atoms. The van der Waals surface area contributed by atoms with Crippen LogP contribution in [-0.4, -0.2) is 45.2 Å². The first-order chi connectivity index (χ1) is 12.6. The van der Waals surface area contributed by atoms with Gasteiger partial charge in [0.15, 0.2) is 0 Å². The second-order valence-corrected chi connectivity index (χ2v) is 7.96. The van der Waals surface area contributed by atoms with Crippen LogP contribution in [0, 0.1) is 12.8 Å². The van der Waals surface area contributed by atoms with Gasteiger partial charge in [0.2, 0.25) is 5.91 Å². The van der Waals surface area contributed by atoms with Crippen LogP contribution < -0.4 is 0 Å². The molecule has 0 unspecified atom stereocenters. The number of aryl methyl sites for hydroxylation is 2. The van der Waals surface area contributed by atoms with E-state index in [1.165, 1.54) is 0 Å². The zero-order valence-corrected chi connectivity index (χ0v) is 15.4. The first kappa shape index (κ1) is 17.2. The van der Waals surface area contributed by atoms with Crippen molar-refractivity contribution in [2.45, 2.75) is 32.3 Å². The number of amides is 1. The van der Waals surface area contributed by atoms with Gasteiger partial charge in [0.1, 0.15) is 5.76 Å². The molecule has 1 aromatic carbocycles. The lowest BCUT2D eigenvalue weighted by Crippen LogP contribution is -2.29. The Bertz CT molecular complexity index is 887. The summed E-state index contributed by atoms with van der Waals surface area (Å²) in [6.07, 6.45) is 1.13. The van der Waals surface area contributed by atoms with E-state index < -0.39 is 6.10 Å². The average Bonchev–Trinajstić information content (AvgIpc) is 3.32. The predicted molar refractivity (Wildman–Crippen MR) is 99.0 cm³/mol. The first-order valence-corrected chi connectivity index (χ1v) is 9.62. The van der Waals surface area contributed by atoms with Crippen LogP contribution in [0.2, 0.25) is 0 Å². The van der Waals surface area contributed by atoms with Gasteiger partial charge in [-0.1, -0.05) is 17.3 Å². The Morgan fingerprint density at radius 2 is 2.23 bits per heavy atom. The molecule has 1 aliphatic rings. The van der Waals surface area contributed by atoms with Gasteiger partial charge < -0.3 is 14.5 Å². The average molecular weight is 371 g/mol. The van der Waals surface area contributed by atoms with Crippen molar-refractivity contribution in [1.29, 1.82) is 0 Å². The first-order valence-electron chi connectivity index (χ1n) is 8.81. The van der Waals surface area contributed by atoms with E-state index in [1.807, 2.05) is 37.3 Å². The molecule has 1 amide bonds. The molecule has 0 bridgehead atoms. The number of hydrogen-bond donors (Lipinski definition) is 1. The minimum atomic E-state index is -0.521. The fourth-order valence-electron chi connectivity index (χ4n) is 3.43. The topological polar surface area (TPSA) is 79.5 Å². The van der Waals surface area contributed by atoms with Crippen molar-refractivity contribution in [2.75, 3.05) is 13.1 Å². The molecule has 1 aliphatic heterocycles. The number of para-hydroxylation sites is 1. The van der Waals surface area contributed by atoms with E-state index in [0.29, 0.717) is 32.4 Å². The summed E-state index contributed by atoms with van der Waals surface area (Å²) in [7, 11) is 0. The molecule has 1 N–H and O–H groups in total. The zero-order valence-electron chi connectivity index (χ0n) is 14.6. The fourth-order valence-corrected chi connectivity index (χ4v) is 4.39. The fraction of sp³-hybridized carbons (Fsp3) is 0.421. The molecule has 2 atom stereocenters. The van der Waals surface area contributed by atoms with Gasteiger partial charge in [-0.05, 0) is 19.1 Å². The molecule has 1 saturated heterocycles. The van der Waals surface area contributed by atoms with Crippen molar-refractivity contribution in [3.63, 3.8) is 0 Å². The molecule has 6 nitrogen and oxygen atoms in total. The quantitative estimate of drug-likeness (QED) is 0.746. The van der Waals surface area contributed by atoms with Gasteiger partial charge in [-0.2, -0.15) is 0 Å². The molecule has 2 aromatic heterocycles. The molecule has 0 spiro atoms. The molecule has 0 radical (unpaired) electrons. The van der Waals surface area contributed by atoms with E-state index in [1.54, 1.807) is 16.2 Å². The Morgan fingerprint density at radius 1 is 1.38 bits per heavy atom. The number of rotatable bonds is 5. The van der Waals surface area contributed by atoms with Gasteiger partial charge in [0.25, 0.3) is 0 Å². The maximum Gasteiger partial charge on any atom is 0.223 e. The Hall–Kier alpha value is -2.25. The largest absolute Gasteiger partial charge is 0.391 e. The van der Waals surface area contributed by atoms with E-state index in [-0.39, 0.29) is 11.8 Å². The predicted octanol–water partition coefficient (Wildman–Crippen LogP) is 2.59. The van der Waals surface area contributed by atoms with Gasteiger partial charge in [-0.15, -0.1) is 11.3 Å². The van der Waals surface area contributed by atoms with Crippen molar-refractivity contribution in [2.24, 2.45) is 5.92 Å². The Morgan fingerprint density at radius 3 is 3.00 bits per heavy atom. The van der Waals surface area contributed by atoms with E-state index in [2.05, 4.69) is 10.1 Å². The van der Waals surface area contributed by atoms with E-state index in [0.717, 1.165) is 26.7 Å². The van der Waals surface area contributed by atoms with Crippen molar-refractivity contribution < 1.29 is 14.4 Å². The van der Waals surface area contributed by atoms with Gasteiger partial charge in [-0.3, -0.25) is 4.79 Å². The van der Waals surface area contributed by atoms with Crippen LogP contribution in [0.25, 0.3) is 10.2 Å². The third kappa shape index (κ3) is 3.64. The van der Waals surface area contributed by atoms with E-state index in [9.17, 15) is 9.90 Å². The lowest BCUT2D eigenvalue weighted by atomic mass is 10.0. The monoisotopic (exact) mass is 371 g/mol. The standard InChI is InChI=1S/C19H21N3O3S/c1-12-8-14(25-21-12)9-13-10-22(11-16(13)23)19(24)7-6-18-20-15-4-2-3-5-17(15)26-18/h2-5,8,13,16,23H,6-7,9-11H2,1H3/t13-,16+/m1/s1. The third-order valence-electron chi connectivity index (χ3n) is 4.79.